The number of hydrogen-bond donors (Lipinski definition) is 1. The molecule has 0 spiro atoms. The molecule has 0 aromatic carbocycles. The lowest BCUT2D eigenvalue weighted by molar-refractivity contribution is 0.386. The van der Waals surface area contributed by atoms with Crippen molar-refractivity contribution in [3.63, 3.8) is 0 Å². The Labute approximate surface area is 130 Å². The van der Waals surface area contributed by atoms with E-state index < -0.39 is 0 Å². The third kappa shape index (κ3) is 2.90. The Morgan fingerprint density at radius 3 is 2.76 bits per heavy atom. The second kappa shape index (κ2) is 6.28. The number of aromatic nitrogens is 2. The van der Waals surface area contributed by atoms with E-state index in [0.29, 0.717) is 0 Å². The first-order valence-corrected chi connectivity index (χ1v) is 8.68. The van der Waals surface area contributed by atoms with Crippen molar-refractivity contribution in [3.05, 3.63) is 16.8 Å². The molecule has 1 fully saturated rings. The van der Waals surface area contributed by atoms with Crippen LogP contribution in [0.1, 0.15) is 30.2 Å². The van der Waals surface area contributed by atoms with Gasteiger partial charge in [-0.1, -0.05) is 6.92 Å². The summed E-state index contributed by atoms with van der Waals surface area (Å²) in [4.78, 5) is 14.0. The van der Waals surface area contributed by atoms with Crippen molar-refractivity contribution in [1.82, 2.24) is 15.3 Å². The number of nitrogens with zero attached hydrogens (tertiary/aromatic N) is 3. The van der Waals surface area contributed by atoms with Gasteiger partial charge in [0, 0.05) is 18.0 Å². The highest BCUT2D eigenvalue weighted by Crippen LogP contribution is 2.35. The van der Waals surface area contributed by atoms with Gasteiger partial charge in [0.05, 0.1) is 5.39 Å². The zero-order valence-electron chi connectivity index (χ0n) is 13.1. The monoisotopic (exact) mass is 304 g/mol. The molecule has 2 aromatic heterocycles. The summed E-state index contributed by atoms with van der Waals surface area (Å²) in [5.41, 5.74) is 1.35. The molecule has 2 aromatic rings. The van der Waals surface area contributed by atoms with Crippen LogP contribution in [-0.4, -0.2) is 36.1 Å². The van der Waals surface area contributed by atoms with Gasteiger partial charge in [-0.25, -0.2) is 9.97 Å². The van der Waals surface area contributed by atoms with E-state index in [-0.39, 0.29) is 0 Å². The predicted octanol–water partition coefficient (Wildman–Crippen LogP) is 3.13. The zero-order chi connectivity index (χ0) is 14.8. The lowest BCUT2D eigenvalue weighted by atomic mass is 9.96. The maximum Gasteiger partial charge on any atom is 0.141 e. The Kier molecular flexibility index (Phi) is 4.40. The highest BCUT2D eigenvalue weighted by atomic mass is 32.1. The second-order valence-corrected chi connectivity index (χ2v) is 7.10. The number of thiophene rings is 1. The Morgan fingerprint density at radius 1 is 1.29 bits per heavy atom. The minimum atomic E-state index is 0.809. The molecule has 0 aliphatic carbocycles. The Balaban J connectivity index is 1.79. The fourth-order valence-electron chi connectivity index (χ4n) is 3.10. The zero-order valence-corrected chi connectivity index (χ0v) is 14.0. The summed E-state index contributed by atoms with van der Waals surface area (Å²) in [6.45, 7) is 11.0. The van der Waals surface area contributed by atoms with Gasteiger partial charge >= 0.3 is 0 Å². The molecule has 5 heteroatoms. The van der Waals surface area contributed by atoms with E-state index in [9.17, 15) is 0 Å². The van der Waals surface area contributed by atoms with Crippen LogP contribution in [0.4, 0.5) is 5.82 Å². The first-order chi connectivity index (χ1) is 10.2. The highest BCUT2D eigenvalue weighted by Gasteiger charge is 2.23. The van der Waals surface area contributed by atoms with Crippen molar-refractivity contribution in [2.24, 2.45) is 5.92 Å². The van der Waals surface area contributed by atoms with Gasteiger partial charge in [0.1, 0.15) is 17.0 Å². The van der Waals surface area contributed by atoms with Crippen LogP contribution in [0.3, 0.4) is 0 Å². The summed E-state index contributed by atoms with van der Waals surface area (Å²) in [5, 5.41) is 4.74. The van der Waals surface area contributed by atoms with Crippen LogP contribution in [0.5, 0.6) is 0 Å². The van der Waals surface area contributed by atoms with E-state index in [1.807, 2.05) is 0 Å². The molecule has 1 aliphatic heterocycles. The number of nitrogens with one attached hydrogen (secondary N) is 1. The number of piperidine rings is 1. The van der Waals surface area contributed by atoms with Crippen molar-refractivity contribution in [3.8, 4) is 0 Å². The maximum atomic E-state index is 4.60. The van der Waals surface area contributed by atoms with E-state index >= 15 is 0 Å². The SMILES string of the molecule is CCNCC1CCN(c2ncnc3sc(C)c(C)c23)CC1. The third-order valence-electron chi connectivity index (χ3n) is 4.54. The Bertz CT molecular complexity index is 614. The summed E-state index contributed by atoms with van der Waals surface area (Å²) < 4.78 is 0. The molecule has 0 amide bonds. The smallest absolute Gasteiger partial charge is 0.141 e. The van der Waals surface area contributed by atoms with Crippen molar-refractivity contribution in [1.29, 1.82) is 0 Å². The fourth-order valence-corrected chi connectivity index (χ4v) is 4.09. The second-order valence-electron chi connectivity index (χ2n) is 5.90. The summed E-state index contributed by atoms with van der Waals surface area (Å²) >= 11 is 1.78. The molecule has 0 bridgehead atoms. The van der Waals surface area contributed by atoms with Crippen molar-refractivity contribution in [2.75, 3.05) is 31.1 Å². The van der Waals surface area contributed by atoms with Gasteiger partial charge in [-0.05, 0) is 51.3 Å². The van der Waals surface area contributed by atoms with Gasteiger partial charge in [0.15, 0.2) is 0 Å². The summed E-state index contributed by atoms with van der Waals surface area (Å²) in [6, 6.07) is 0. The van der Waals surface area contributed by atoms with Crippen LogP contribution in [0.2, 0.25) is 0 Å². The van der Waals surface area contributed by atoms with Crippen LogP contribution in [0.15, 0.2) is 6.33 Å². The van der Waals surface area contributed by atoms with Gasteiger partial charge in [0.25, 0.3) is 0 Å². The van der Waals surface area contributed by atoms with Crippen molar-refractivity contribution < 1.29 is 0 Å². The number of hydrogen-bond acceptors (Lipinski definition) is 5. The average Bonchev–Trinajstić information content (AvgIpc) is 2.81. The fraction of sp³-hybridized carbons (Fsp3) is 0.625. The third-order valence-corrected chi connectivity index (χ3v) is 5.66. The van der Waals surface area contributed by atoms with Crippen molar-refractivity contribution >= 4 is 27.4 Å². The average molecular weight is 304 g/mol. The molecule has 1 saturated heterocycles. The molecule has 1 aliphatic rings. The van der Waals surface area contributed by atoms with Crippen LogP contribution < -0.4 is 10.2 Å². The Hall–Kier alpha value is -1.20. The molecule has 3 rings (SSSR count). The molecular formula is C16H24N4S. The predicted molar refractivity (Wildman–Crippen MR) is 90.4 cm³/mol. The standard InChI is InChI=1S/C16H24N4S/c1-4-17-9-13-5-7-20(8-6-13)15-14-11(2)12(3)21-16(14)19-10-18-15/h10,13,17H,4-9H2,1-3H3. The quantitative estimate of drug-likeness (QED) is 0.942. The largest absolute Gasteiger partial charge is 0.356 e. The molecule has 114 valence electrons. The molecule has 21 heavy (non-hydrogen) atoms. The van der Waals surface area contributed by atoms with E-state index in [4.69, 9.17) is 0 Å². The first kappa shape index (κ1) is 14.7. The first-order valence-electron chi connectivity index (χ1n) is 7.87. The van der Waals surface area contributed by atoms with Crippen LogP contribution >= 0.6 is 11.3 Å². The van der Waals surface area contributed by atoms with Gasteiger partial charge in [-0.3, -0.25) is 0 Å². The lowest BCUT2D eigenvalue weighted by Crippen LogP contribution is -2.37. The van der Waals surface area contributed by atoms with E-state index in [2.05, 4.69) is 41.0 Å². The molecule has 0 saturated carbocycles. The van der Waals surface area contributed by atoms with Crippen LogP contribution in [0.25, 0.3) is 10.2 Å². The molecule has 0 atom stereocenters. The minimum absolute atomic E-state index is 0.809. The molecule has 0 radical (unpaired) electrons. The highest BCUT2D eigenvalue weighted by molar-refractivity contribution is 7.18. The Morgan fingerprint density at radius 2 is 2.05 bits per heavy atom. The molecule has 0 unspecified atom stereocenters. The number of fused-ring (bicyclic) bond motifs is 1. The van der Waals surface area contributed by atoms with Crippen LogP contribution in [-0.2, 0) is 0 Å². The van der Waals surface area contributed by atoms with E-state index in [1.165, 1.54) is 28.7 Å². The normalized spacial score (nSPS) is 16.8. The summed E-state index contributed by atoms with van der Waals surface area (Å²) in [7, 11) is 0. The lowest BCUT2D eigenvalue weighted by Gasteiger charge is -2.33. The summed E-state index contributed by atoms with van der Waals surface area (Å²) in [5.74, 6) is 1.95. The molecule has 4 nitrogen and oxygen atoms in total. The molecule has 1 N–H and O–H groups in total. The maximum absolute atomic E-state index is 4.60. The molecular weight excluding hydrogens is 280 g/mol. The summed E-state index contributed by atoms with van der Waals surface area (Å²) in [6.07, 6.45) is 4.22. The topological polar surface area (TPSA) is 41.0 Å². The van der Waals surface area contributed by atoms with Gasteiger partial charge in [-0.2, -0.15) is 0 Å². The van der Waals surface area contributed by atoms with Crippen LogP contribution in [0, 0.1) is 19.8 Å². The van der Waals surface area contributed by atoms with Gasteiger partial charge < -0.3 is 10.2 Å². The van der Waals surface area contributed by atoms with Gasteiger partial charge in [0.2, 0.25) is 0 Å². The number of anilines is 1. The van der Waals surface area contributed by atoms with Gasteiger partial charge in [-0.15, -0.1) is 11.3 Å². The minimum Gasteiger partial charge on any atom is -0.356 e. The van der Waals surface area contributed by atoms with E-state index in [1.54, 1.807) is 17.7 Å². The van der Waals surface area contributed by atoms with E-state index in [0.717, 1.165) is 42.7 Å². The molecule has 3 heterocycles. The number of aryl methyl sites for hydroxylation is 2. The van der Waals surface area contributed by atoms with Crippen molar-refractivity contribution in [2.45, 2.75) is 33.6 Å². The number of rotatable bonds is 4.